The number of benzene rings is 3. The molecule has 7 nitrogen and oxygen atoms in total. The van der Waals surface area contributed by atoms with Gasteiger partial charge in [0.05, 0.1) is 10.6 Å². The molecular weight excluding hydrogens is 529 g/mol. The Balaban J connectivity index is 2.04. The number of para-hydroxylation sites is 1. The Morgan fingerprint density at radius 1 is 0.925 bits per heavy atom. The molecule has 40 heavy (non-hydrogen) atoms. The van der Waals surface area contributed by atoms with Crippen molar-refractivity contribution in [1.29, 1.82) is 0 Å². The van der Waals surface area contributed by atoms with Gasteiger partial charge in [-0.15, -0.1) is 0 Å². The Morgan fingerprint density at radius 2 is 1.55 bits per heavy atom. The maximum atomic E-state index is 14.0. The molecule has 3 aromatic carbocycles. The molecule has 0 saturated carbocycles. The third-order valence-electron chi connectivity index (χ3n) is 6.65. The van der Waals surface area contributed by atoms with Crippen molar-refractivity contribution in [2.24, 2.45) is 5.92 Å². The highest BCUT2D eigenvalue weighted by molar-refractivity contribution is 7.92. The largest absolute Gasteiger partial charge is 0.354 e. The summed E-state index contributed by atoms with van der Waals surface area (Å²) in [5.41, 5.74) is 2.68. The van der Waals surface area contributed by atoms with Crippen molar-refractivity contribution in [3.05, 3.63) is 95.3 Å². The van der Waals surface area contributed by atoms with E-state index in [2.05, 4.69) is 5.32 Å². The highest BCUT2D eigenvalue weighted by atomic mass is 32.2. The first-order valence-electron chi connectivity index (χ1n) is 13.4. The number of hydrogen-bond acceptors (Lipinski definition) is 4. The molecule has 0 heterocycles. The van der Waals surface area contributed by atoms with E-state index in [1.807, 2.05) is 39.8 Å². The van der Waals surface area contributed by atoms with Gasteiger partial charge in [0.2, 0.25) is 11.8 Å². The molecule has 0 spiro atoms. The molecule has 0 bridgehead atoms. The van der Waals surface area contributed by atoms with Crippen LogP contribution in [0.15, 0.2) is 77.7 Å². The fourth-order valence-corrected chi connectivity index (χ4v) is 5.68. The van der Waals surface area contributed by atoms with Crippen molar-refractivity contribution < 1.29 is 22.4 Å². The van der Waals surface area contributed by atoms with Gasteiger partial charge >= 0.3 is 0 Å². The SMILES string of the molecule is CCc1ccccc1N(CC(=O)N(Cc1ccc(F)cc1)[C@@H](C)C(=O)NCC(C)C)S(=O)(=O)c1ccc(C)cc1. The van der Waals surface area contributed by atoms with Gasteiger partial charge < -0.3 is 10.2 Å². The number of carbonyl (C=O) groups is 2. The van der Waals surface area contributed by atoms with Gasteiger partial charge in [-0.25, -0.2) is 12.8 Å². The first kappa shape index (κ1) is 30.8. The van der Waals surface area contributed by atoms with Crippen molar-refractivity contribution in [1.82, 2.24) is 10.2 Å². The van der Waals surface area contributed by atoms with Gasteiger partial charge in [0.15, 0.2) is 0 Å². The number of carbonyl (C=O) groups excluding carboxylic acids is 2. The number of hydrogen-bond donors (Lipinski definition) is 1. The Morgan fingerprint density at radius 3 is 2.15 bits per heavy atom. The van der Waals surface area contributed by atoms with Gasteiger partial charge in [0, 0.05) is 13.1 Å². The van der Waals surface area contributed by atoms with Crippen molar-refractivity contribution >= 4 is 27.5 Å². The molecule has 0 radical (unpaired) electrons. The zero-order valence-electron chi connectivity index (χ0n) is 23.7. The summed E-state index contributed by atoms with van der Waals surface area (Å²) in [6, 6.07) is 18.3. The molecule has 3 aromatic rings. The minimum Gasteiger partial charge on any atom is -0.354 e. The molecule has 1 atom stereocenters. The summed E-state index contributed by atoms with van der Waals surface area (Å²) in [6.07, 6.45) is 0.553. The third-order valence-corrected chi connectivity index (χ3v) is 8.42. The van der Waals surface area contributed by atoms with Crippen molar-refractivity contribution in [3.63, 3.8) is 0 Å². The van der Waals surface area contributed by atoms with Crippen LogP contribution in [0.5, 0.6) is 0 Å². The molecule has 214 valence electrons. The lowest BCUT2D eigenvalue weighted by Crippen LogP contribution is -2.51. The van der Waals surface area contributed by atoms with E-state index in [1.54, 1.807) is 43.3 Å². The second-order valence-electron chi connectivity index (χ2n) is 10.3. The second-order valence-corrected chi connectivity index (χ2v) is 12.1. The number of amides is 2. The molecule has 1 N–H and O–H groups in total. The molecule has 0 aliphatic heterocycles. The number of nitrogens with zero attached hydrogens (tertiary/aromatic N) is 2. The van der Waals surface area contributed by atoms with Gasteiger partial charge in [-0.1, -0.05) is 68.8 Å². The maximum Gasteiger partial charge on any atom is 0.264 e. The third kappa shape index (κ3) is 7.69. The smallest absolute Gasteiger partial charge is 0.264 e. The van der Waals surface area contributed by atoms with Crippen LogP contribution in [0.2, 0.25) is 0 Å². The number of anilines is 1. The molecule has 0 fully saturated rings. The summed E-state index contributed by atoms with van der Waals surface area (Å²) >= 11 is 0. The van der Waals surface area contributed by atoms with Crippen LogP contribution in [-0.4, -0.2) is 44.3 Å². The molecular formula is C31H38FN3O4S. The normalized spacial score (nSPS) is 12.2. The molecule has 0 unspecified atom stereocenters. The molecule has 2 amide bonds. The highest BCUT2D eigenvalue weighted by Gasteiger charge is 2.33. The van der Waals surface area contributed by atoms with Crippen LogP contribution in [0.1, 0.15) is 44.4 Å². The van der Waals surface area contributed by atoms with Crippen LogP contribution in [-0.2, 0) is 32.6 Å². The summed E-state index contributed by atoms with van der Waals surface area (Å²) in [5.74, 6) is -1.13. The minimum atomic E-state index is -4.14. The lowest BCUT2D eigenvalue weighted by atomic mass is 10.1. The zero-order chi connectivity index (χ0) is 29.4. The van der Waals surface area contributed by atoms with Crippen molar-refractivity contribution in [2.75, 3.05) is 17.4 Å². The van der Waals surface area contributed by atoms with Gasteiger partial charge in [0.1, 0.15) is 18.4 Å². The van der Waals surface area contributed by atoms with Crippen LogP contribution in [0.25, 0.3) is 0 Å². The first-order chi connectivity index (χ1) is 18.9. The van der Waals surface area contributed by atoms with E-state index in [-0.39, 0.29) is 23.3 Å². The zero-order valence-corrected chi connectivity index (χ0v) is 24.5. The van der Waals surface area contributed by atoms with E-state index in [0.717, 1.165) is 15.4 Å². The van der Waals surface area contributed by atoms with Crippen LogP contribution in [0.4, 0.5) is 10.1 Å². The van der Waals surface area contributed by atoms with Crippen LogP contribution in [0.3, 0.4) is 0 Å². The van der Waals surface area contributed by atoms with Gasteiger partial charge in [0.25, 0.3) is 10.0 Å². The maximum absolute atomic E-state index is 14.0. The van der Waals surface area contributed by atoms with Crippen LogP contribution >= 0.6 is 0 Å². The van der Waals surface area contributed by atoms with Gasteiger partial charge in [-0.05, 0) is 67.6 Å². The average molecular weight is 568 g/mol. The fraction of sp³-hybridized carbons (Fsp3) is 0.355. The topological polar surface area (TPSA) is 86.8 Å². The van der Waals surface area contributed by atoms with E-state index in [1.165, 1.54) is 29.2 Å². The second kappa shape index (κ2) is 13.6. The predicted molar refractivity (Wildman–Crippen MR) is 156 cm³/mol. The molecule has 0 saturated heterocycles. The molecule has 0 aliphatic carbocycles. The van der Waals surface area contributed by atoms with Crippen molar-refractivity contribution in [3.8, 4) is 0 Å². The molecule has 0 aliphatic rings. The lowest BCUT2D eigenvalue weighted by Gasteiger charge is -2.32. The Kier molecular flexibility index (Phi) is 10.5. The minimum absolute atomic E-state index is 0.00320. The predicted octanol–water partition coefficient (Wildman–Crippen LogP) is 5.08. The van der Waals surface area contributed by atoms with E-state index in [0.29, 0.717) is 24.2 Å². The number of sulfonamides is 1. The van der Waals surface area contributed by atoms with Crippen molar-refractivity contribution in [2.45, 2.75) is 58.5 Å². The van der Waals surface area contributed by atoms with Gasteiger partial charge in [-0.2, -0.15) is 0 Å². The Labute approximate surface area is 237 Å². The fourth-order valence-electron chi connectivity index (χ4n) is 4.23. The number of aryl methyl sites for hydroxylation is 2. The standard InChI is InChI=1S/C31H38FN3O4S/c1-6-26-9-7-8-10-29(26)35(40(38,39)28-17-11-23(4)12-18-28)21-30(36)34(20-25-13-15-27(32)16-14-25)24(5)31(37)33-19-22(2)3/h7-18,22,24H,6,19-21H2,1-5H3,(H,33,37)/t24-/m0/s1. The highest BCUT2D eigenvalue weighted by Crippen LogP contribution is 2.28. The van der Waals surface area contributed by atoms with Crippen LogP contribution < -0.4 is 9.62 Å². The van der Waals surface area contributed by atoms with E-state index in [4.69, 9.17) is 0 Å². The van der Waals surface area contributed by atoms with E-state index in [9.17, 15) is 22.4 Å². The lowest BCUT2D eigenvalue weighted by molar-refractivity contribution is -0.139. The number of nitrogens with one attached hydrogen (secondary N) is 1. The quantitative estimate of drug-likeness (QED) is 0.331. The van der Waals surface area contributed by atoms with E-state index >= 15 is 0 Å². The van der Waals surface area contributed by atoms with Crippen LogP contribution in [0, 0.1) is 18.7 Å². The summed E-state index contributed by atoms with van der Waals surface area (Å²) in [5, 5.41) is 2.85. The number of halogens is 1. The Hall–Kier alpha value is -3.72. The molecule has 9 heteroatoms. The Bertz CT molecular complexity index is 1410. The molecule has 3 rings (SSSR count). The summed E-state index contributed by atoms with van der Waals surface area (Å²) in [4.78, 5) is 28.4. The summed E-state index contributed by atoms with van der Waals surface area (Å²) < 4.78 is 42.7. The first-order valence-corrected chi connectivity index (χ1v) is 14.9. The average Bonchev–Trinajstić information content (AvgIpc) is 2.93. The summed E-state index contributed by atoms with van der Waals surface area (Å²) in [7, 11) is -4.14. The molecule has 0 aromatic heterocycles. The van der Waals surface area contributed by atoms with E-state index < -0.39 is 34.3 Å². The van der Waals surface area contributed by atoms with Gasteiger partial charge in [-0.3, -0.25) is 13.9 Å². The summed E-state index contributed by atoms with van der Waals surface area (Å²) in [6.45, 7) is 9.23. The number of rotatable bonds is 12. The monoisotopic (exact) mass is 567 g/mol.